The monoisotopic (exact) mass is 249 g/mol. The van der Waals surface area contributed by atoms with Gasteiger partial charge in [0.05, 0.1) is 0 Å². The van der Waals surface area contributed by atoms with E-state index in [9.17, 15) is 4.79 Å². The van der Waals surface area contributed by atoms with E-state index in [1.165, 1.54) is 6.33 Å². The number of benzene rings is 1. The Morgan fingerprint density at radius 3 is 2.58 bits per heavy atom. The number of nitrogens with two attached hydrogens (primary N) is 1. The van der Waals surface area contributed by atoms with Crippen molar-refractivity contribution in [1.29, 1.82) is 0 Å². The first-order chi connectivity index (χ1) is 9.25. The van der Waals surface area contributed by atoms with E-state index < -0.39 is 0 Å². The summed E-state index contributed by atoms with van der Waals surface area (Å²) in [7, 11) is 0. The number of nitrogens with zero attached hydrogens (tertiary/aromatic N) is 4. The van der Waals surface area contributed by atoms with E-state index in [1.54, 1.807) is 6.07 Å². The molecule has 90 valence electrons. The third-order valence-corrected chi connectivity index (χ3v) is 3.14. The highest BCUT2D eigenvalue weighted by Gasteiger charge is 2.30. The van der Waals surface area contributed by atoms with Crippen LogP contribution in [0, 0.1) is 0 Å². The quantitative estimate of drug-likeness (QED) is 0.503. The molecule has 0 bridgehead atoms. The van der Waals surface area contributed by atoms with E-state index in [4.69, 9.17) is 5.73 Å². The van der Waals surface area contributed by atoms with Crippen molar-refractivity contribution in [3.63, 3.8) is 0 Å². The molecule has 0 unspecified atom stereocenters. The molecule has 3 aromatic rings. The topological polar surface area (TPSA) is 94.7 Å². The number of carbonyl (C=O) groups is 1. The van der Waals surface area contributed by atoms with Crippen LogP contribution in [-0.2, 0) is 0 Å². The van der Waals surface area contributed by atoms with Crippen LogP contribution in [0.1, 0.15) is 16.1 Å². The normalized spacial score (nSPS) is 12.5. The van der Waals surface area contributed by atoms with Gasteiger partial charge >= 0.3 is 0 Å². The van der Waals surface area contributed by atoms with Gasteiger partial charge in [0.25, 0.3) is 0 Å². The minimum Gasteiger partial charge on any atom is -0.382 e. The number of hydrogen-bond donors (Lipinski definition) is 1. The summed E-state index contributed by atoms with van der Waals surface area (Å²) in [4.78, 5) is 28.8. The molecule has 1 aliphatic carbocycles. The molecule has 6 heteroatoms. The summed E-state index contributed by atoms with van der Waals surface area (Å²) in [5, 5.41) is 0. The largest absolute Gasteiger partial charge is 0.382 e. The molecule has 2 heterocycles. The number of anilines is 1. The van der Waals surface area contributed by atoms with Gasteiger partial charge in [-0.05, 0) is 0 Å². The molecular formula is C13H7N5O. The SMILES string of the molecule is Nc1ncnc2nc3c(nc12)C(=O)c1ccccc1-3. The zero-order chi connectivity index (χ0) is 13.0. The zero-order valence-electron chi connectivity index (χ0n) is 9.66. The average molecular weight is 249 g/mol. The van der Waals surface area contributed by atoms with Gasteiger partial charge in [-0.15, -0.1) is 0 Å². The van der Waals surface area contributed by atoms with Gasteiger partial charge in [-0.2, -0.15) is 0 Å². The van der Waals surface area contributed by atoms with E-state index in [1.807, 2.05) is 18.2 Å². The first-order valence-electron chi connectivity index (χ1n) is 5.68. The third kappa shape index (κ3) is 1.22. The Kier molecular flexibility index (Phi) is 1.76. The molecule has 2 aromatic heterocycles. The van der Waals surface area contributed by atoms with Crippen LogP contribution in [0.3, 0.4) is 0 Å². The summed E-state index contributed by atoms with van der Waals surface area (Å²) in [5.74, 6) is 0.0901. The number of aromatic nitrogens is 4. The minimum absolute atomic E-state index is 0.136. The van der Waals surface area contributed by atoms with Crippen molar-refractivity contribution in [1.82, 2.24) is 19.9 Å². The molecule has 0 saturated heterocycles. The maximum absolute atomic E-state index is 12.3. The number of rotatable bonds is 0. The highest BCUT2D eigenvalue weighted by Crippen LogP contribution is 2.34. The molecule has 0 atom stereocenters. The van der Waals surface area contributed by atoms with Crippen LogP contribution in [0.15, 0.2) is 30.6 Å². The molecule has 6 nitrogen and oxygen atoms in total. The predicted molar refractivity (Wildman–Crippen MR) is 68.4 cm³/mol. The number of carbonyl (C=O) groups excluding carboxylic acids is 1. The first-order valence-corrected chi connectivity index (χ1v) is 5.68. The van der Waals surface area contributed by atoms with Gasteiger partial charge in [0.1, 0.15) is 17.7 Å². The second-order valence-corrected chi connectivity index (χ2v) is 4.23. The number of nitrogen functional groups attached to an aromatic ring is 1. The van der Waals surface area contributed by atoms with Gasteiger partial charge < -0.3 is 5.73 Å². The Morgan fingerprint density at radius 2 is 1.74 bits per heavy atom. The molecule has 0 saturated carbocycles. The molecule has 4 rings (SSSR count). The Balaban J connectivity index is 2.14. The molecule has 0 amide bonds. The smallest absolute Gasteiger partial charge is 0.214 e. The molecule has 1 aliphatic rings. The lowest BCUT2D eigenvalue weighted by molar-refractivity contribution is 0.103. The van der Waals surface area contributed by atoms with Crippen molar-refractivity contribution < 1.29 is 4.79 Å². The molecule has 0 fully saturated rings. The van der Waals surface area contributed by atoms with E-state index >= 15 is 0 Å². The van der Waals surface area contributed by atoms with Crippen molar-refractivity contribution >= 4 is 22.8 Å². The van der Waals surface area contributed by atoms with Gasteiger partial charge in [0.15, 0.2) is 17.0 Å². The van der Waals surface area contributed by atoms with Crippen LogP contribution in [-0.4, -0.2) is 25.7 Å². The summed E-state index contributed by atoms with van der Waals surface area (Å²) in [6.07, 6.45) is 1.33. The molecule has 0 radical (unpaired) electrons. The number of hydrogen-bond acceptors (Lipinski definition) is 6. The van der Waals surface area contributed by atoms with Crippen molar-refractivity contribution in [2.24, 2.45) is 0 Å². The number of ketones is 1. The lowest BCUT2D eigenvalue weighted by Gasteiger charge is -2.02. The van der Waals surface area contributed by atoms with E-state index in [0.717, 1.165) is 5.56 Å². The van der Waals surface area contributed by atoms with Crippen molar-refractivity contribution in [2.45, 2.75) is 0 Å². The summed E-state index contributed by atoms with van der Waals surface area (Å²) >= 11 is 0. The Labute approximate surface area is 107 Å². The second-order valence-electron chi connectivity index (χ2n) is 4.23. The maximum Gasteiger partial charge on any atom is 0.214 e. The molecule has 0 spiro atoms. The summed E-state index contributed by atoms with van der Waals surface area (Å²) < 4.78 is 0. The maximum atomic E-state index is 12.3. The van der Waals surface area contributed by atoms with E-state index in [-0.39, 0.29) is 11.6 Å². The standard InChI is InChI=1S/C13H7N5O/c14-12-10-13(16-5-15-12)18-8-6-3-1-2-4-7(6)11(19)9(8)17-10/h1-5H,(H2,14,15,16,18). The van der Waals surface area contributed by atoms with E-state index in [2.05, 4.69) is 19.9 Å². The molecule has 19 heavy (non-hydrogen) atoms. The highest BCUT2D eigenvalue weighted by molar-refractivity contribution is 6.20. The number of fused-ring (bicyclic) bond motifs is 4. The third-order valence-electron chi connectivity index (χ3n) is 3.14. The van der Waals surface area contributed by atoms with Gasteiger partial charge in [-0.25, -0.2) is 19.9 Å². The summed E-state index contributed by atoms with van der Waals surface area (Å²) in [5.41, 5.74) is 8.77. The zero-order valence-corrected chi connectivity index (χ0v) is 9.66. The first kappa shape index (κ1) is 10.1. The Morgan fingerprint density at radius 1 is 0.947 bits per heavy atom. The van der Waals surface area contributed by atoms with Gasteiger partial charge in [-0.1, -0.05) is 24.3 Å². The molecule has 1 aromatic carbocycles. The van der Waals surface area contributed by atoms with Crippen LogP contribution in [0.25, 0.3) is 22.4 Å². The van der Waals surface area contributed by atoms with Crippen molar-refractivity contribution in [3.8, 4) is 11.3 Å². The van der Waals surface area contributed by atoms with Crippen LogP contribution < -0.4 is 5.73 Å². The second kappa shape index (κ2) is 3.32. The highest BCUT2D eigenvalue weighted by atomic mass is 16.1. The van der Waals surface area contributed by atoms with Crippen LogP contribution in [0.2, 0.25) is 0 Å². The fourth-order valence-electron chi connectivity index (χ4n) is 2.26. The Hall–Kier alpha value is -2.89. The van der Waals surface area contributed by atoms with Crippen LogP contribution in [0.4, 0.5) is 5.82 Å². The minimum atomic E-state index is -0.136. The lowest BCUT2D eigenvalue weighted by Crippen LogP contribution is -2.03. The predicted octanol–water partition coefficient (Wildman–Crippen LogP) is 1.21. The van der Waals surface area contributed by atoms with Gasteiger partial charge in [-0.3, -0.25) is 4.79 Å². The summed E-state index contributed by atoms with van der Waals surface area (Å²) in [6, 6.07) is 7.29. The van der Waals surface area contributed by atoms with Crippen molar-refractivity contribution in [3.05, 3.63) is 41.9 Å². The fourth-order valence-corrected chi connectivity index (χ4v) is 2.26. The van der Waals surface area contributed by atoms with Gasteiger partial charge in [0, 0.05) is 11.1 Å². The Bertz CT molecular complexity index is 859. The fraction of sp³-hybridized carbons (Fsp3) is 0. The van der Waals surface area contributed by atoms with Gasteiger partial charge in [0.2, 0.25) is 5.78 Å². The van der Waals surface area contributed by atoms with Crippen molar-refractivity contribution in [2.75, 3.05) is 5.73 Å². The summed E-state index contributed by atoms with van der Waals surface area (Å²) in [6.45, 7) is 0. The molecular weight excluding hydrogens is 242 g/mol. The molecule has 2 N–H and O–H groups in total. The average Bonchev–Trinajstić information content (AvgIpc) is 2.72. The van der Waals surface area contributed by atoms with E-state index in [0.29, 0.717) is 28.1 Å². The lowest BCUT2D eigenvalue weighted by atomic mass is 10.1. The van der Waals surface area contributed by atoms with Crippen LogP contribution in [0.5, 0.6) is 0 Å². The molecule has 0 aliphatic heterocycles. The van der Waals surface area contributed by atoms with Crippen LogP contribution >= 0.6 is 0 Å².